The van der Waals surface area contributed by atoms with Gasteiger partial charge < -0.3 is 15.2 Å². The highest BCUT2D eigenvalue weighted by molar-refractivity contribution is 7.90. The summed E-state index contributed by atoms with van der Waals surface area (Å²) in [5, 5.41) is 13.4. The van der Waals surface area contributed by atoms with Crippen LogP contribution in [-0.2, 0) is 10.0 Å². The van der Waals surface area contributed by atoms with Gasteiger partial charge in [-0.25, -0.2) is 22.7 Å². The van der Waals surface area contributed by atoms with E-state index in [1.165, 1.54) is 19.2 Å². The third-order valence-electron chi connectivity index (χ3n) is 3.06. The minimum absolute atomic E-state index is 0.281. The molecule has 2 amide bonds. The van der Waals surface area contributed by atoms with Crippen molar-refractivity contribution in [1.82, 2.24) is 19.7 Å². The van der Waals surface area contributed by atoms with Gasteiger partial charge in [-0.05, 0) is 12.1 Å². The molecule has 1 aromatic carbocycles. The van der Waals surface area contributed by atoms with Gasteiger partial charge in [-0.15, -0.1) is 0 Å². The highest BCUT2D eigenvalue weighted by Gasteiger charge is 2.29. The van der Waals surface area contributed by atoms with Gasteiger partial charge in [0.25, 0.3) is 10.0 Å². The molecule has 162 valence electrons. The van der Waals surface area contributed by atoms with Crippen LogP contribution in [0.25, 0.3) is 0 Å². The summed E-state index contributed by atoms with van der Waals surface area (Å²) in [5.41, 5.74) is -0.585. The quantitative estimate of drug-likeness (QED) is 0.478. The first-order valence-electron chi connectivity index (χ1n) is 7.71. The van der Waals surface area contributed by atoms with E-state index >= 15 is 0 Å². The van der Waals surface area contributed by atoms with Gasteiger partial charge in [0, 0.05) is 7.05 Å². The summed E-state index contributed by atoms with van der Waals surface area (Å²) >= 11 is 0. The van der Waals surface area contributed by atoms with E-state index < -0.39 is 57.2 Å². The molecule has 0 bridgehead atoms. The highest BCUT2D eigenvalue weighted by atomic mass is 32.2. The predicted molar refractivity (Wildman–Crippen MR) is 93.7 cm³/mol. The smallest absolute Gasteiger partial charge is 0.422 e. The lowest BCUT2D eigenvalue weighted by Gasteiger charge is -2.11. The van der Waals surface area contributed by atoms with Gasteiger partial charge in [0.15, 0.2) is 6.61 Å². The van der Waals surface area contributed by atoms with Gasteiger partial charge in [-0.1, -0.05) is 12.1 Å². The minimum Gasteiger partial charge on any atom is -0.478 e. The lowest BCUT2D eigenvalue weighted by molar-refractivity contribution is -0.154. The number of anilines is 2. The zero-order chi connectivity index (χ0) is 22.5. The van der Waals surface area contributed by atoms with Gasteiger partial charge in [-0.3, -0.25) is 5.32 Å². The fourth-order valence-electron chi connectivity index (χ4n) is 1.92. The monoisotopic (exact) mass is 450 g/mol. The molecule has 2 rings (SSSR count). The van der Waals surface area contributed by atoms with E-state index in [9.17, 15) is 31.2 Å². The average molecular weight is 450 g/mol. The summed E-state index contributed by atoms with van der Waals surface area (Å²) in [7, 11) is -3.30. The van der Waals surface area contributed by atoms with Crippen LogP contribution in [-0.4, -0.2) is 60.3 Å². The van der Waals surface area contributed by atoms with Crippen molar-refractivity contribution in [3.05, 3.63) is 29.8 Å². The van der Waals surface area contributed by atoms with E-state index in [4.69, 9.17) is 5.11 Å². The van der Waals surface area contributed by atoms with Crippen molar-refractivity contribution >= 4 is 33.9 Å². The highest BCUT2D eigenvalue weighted by Crippen LogP contribution is 2.18. The van der Waals surface area contributed by atoms with Crippen LogP contribution < -0.4 is 20.1 Å². The van der Waals surface area contributed by atoms with Crippen LogP contribution in [0.15, 0.2) is 29.2 Å². The molecule has 0 aliphatic rings. The van der Waals surface area contributed by atoms with E-state index in [-0.39, 0.29) is 5.95 Å². The van der Waals surface area contributed by atoms with E-state index in [0.29, 0.717) is 0 Å². The number of carboxylic acid groups (broad SMARTS) is 1. The molecular formula is C14H13F3N6O6S. The number of carbonyl (C=O) groups excluding carboxylic acids is 1. The van der Waals surface area contributed by atoms with E-state index in [1.807, 2.05) is 5.32 Å². The second-order valence-corrected chi connectivity index (χ2v) is 6.93. The molecule has 0 fully saturated rings. The Labute approximate surface area is 166 Å². The Kier molecular flexibility index (Phi) is 6.60. The maximum Gasteiger partial charge on any atom is 0.422 e. The van der Waals surface area contributed by atoms with Gasteiger partial charge in [0.2, 0.25) is 11.9 Å². The van der Waals surface area contributed by atoms with E-state index in [1.54, 1.807) is 4.72 Å². The zero-order valence-corrected chi connectivity index (χ0v) is 15.7. The largest absolute Gasteiger partial charge is 0.478 e. The van der Waals surface area contributed by atoms with Crippen molar-refractivity contribution in [3.63, 3.8) is 0 Å². The first kappa shape index (κ1) is 22.6. The van der Waals surface area contributed by atoms with Crippen LogP contribution in [0.1, 0.15) is 10.4 Å². The van der Waals surface area contributed by atoms with Crippen molar-refractivity contribution in [2.45, 2.75) is 11.1 Å². The number of nitrogens with zero attached hydrogens (tertiary/aromatic N) is 3. The Morgan fingerprint density at radius 2 is 1.77 bits per heavy atom. The topological polar surface area (TPSA) is 172 Å². The Balaban J connectivity index is 2.20. The molecule has 12 nitrogen and oxygen atoms in total. The van der Waals surface area contributed by atoms with Crippen molar-refractivity contribution in [1.29, 1.82) is 0 Å². The van der Waals surface area contributed by atoms with Crippen LogP contribution in [0.2, 0.25) is 0 Å². The fourth-order valence-corrected chi connectivity index (χ4v) is 3.02. The second kappa shape index (κ2) is 8.76. The molecule has 0 aliphatic carbocycles. The third-order valence-corrected chi connectivity index (χ3v) is 4.45. The SMILES string of the molecule is CNc1nc(NC(=O)NS(=O)(=O)c2ccccc2C(=O)O)nc(OCC(F)(F)F)n1. The fraction of sp³-hybridized carbons (Fsp3) is 0.214. The summed E-state index contributed by atoms with van der Waals surface area (Å²) in [5.74, 6) is -2.46. The molecule has 30 heavy (non-hydrogen) atoms. The number of benzene rings is 1. The first-order valence-corrected chi connectivity index (χ1v) is 9.19. The number of urea groups is 1. The molecule has 1 heterocycles. The molecule has 0 radical (unpaired) electrons. The Hall–Kier alpha value is -3.69. The molecule has 0 spiro atoms. The summed E-state index contributed by atoms with van der Waals surface area (Å²) in [6.07, 6.45) is -4.68. The number of hydrogen-bond acceptors (Lipinski definition) is 9. The van der Waals surface area contributed by atoms with Crippen molar-refractivity contribution in [2.75, 3.05) is 24.3 Å². The molecule has 1 aromatic heterocycles. The maximum absolute atomic E-state index is 12.3. The number of hydrogen-bond donors (Lipinski definition) is 4. The summed E-state index contributed by atoms with van der Waals surface area (Å²) in [4.78, 5) is 33.1. The number of ether oxygens (including phenoxy) is 1. The summed E-state index contributed by atoms with van der Waals surface area (Å²) in [6, 6.07) is 2.31. The number of alkyl halides is 3. The number of aromatic nitrogens is 3. The number of carbonyl (C=O) groups is 2. The molecule has 0 saturated carbocycles. The van der Waals surface area contributed by atoms with Crippen LogP contribution in [0, 0.1) is 0 Å². The van der Waals surface area contributed by atoms with Gasteiger partial charge in [0.05, 0.1) is 5.56 Å². The van der Waals surface area contributed by atoms with Crippen molar-refractivity contribution < 1.29 is 41.0 Å². The average Bonchev–Trinajstić information content (AvgIpc) is 2.65. The van der Waals surface area contributed by atoms with Crippen LogP contribution in [0.5, 0.6) is 6.01 Å². The first-order chi connectivity index (χ1) is 13.9. The second-order valence-electron chi connectivity index (χ2n) is 5.28. The maximum atomic E-state index is 12.3. The minimum atomic E-state index is -4.68. The van der Waals surface area contributed by atoms with Gasteiger partial charge >= 0.3 is 24.2 Å². The number of nitrogens with one attached hydrogen (secondary N) is 3. The normalized spacial score (nSPS) is 11.5. The number of sulfonamides is 1. The van der Waals surface area contributed by atoms with E-state index in [0.717, 1.165) is 12.1 Å². The van der Waals surface area contributed by atoms with Crippen molar-refractivity contribution in [3.8, 4) is 6.01 Å². The van der Waals surface area contributed by atoms with Crippen LogP contribution in [0.3, 0.4) is 0 Å². The molecule has 0 atom stereocenters. The number of halogens is 3. The number of rotatable bonds is 7. The lowest BCUT2D eigenvalue weighted by Crippen LogP contribution is -2.35. The summed E-state index contributed by atoms with van der Waals surface area (Å²) < 4.78 is 67.3. The molecule has 4 N–H and O–H groups in total. The standard InChI is InChI=1S/C14H13F3N6O6S/c1-18-10-19-11(22-13(21-10)29-6-14(15,16)17)20-12(26)23-30(27,28)8-5-3-2-4-7(8)9(24)25/h2-5H,6H2,1H3,(H,24,25)(H3,18,19,20,21,22,23,26). The van der Waals surface area contributed by atoms with E-state index in [2.05, 4.69) is 25.0 Å². The third kappa shape index (κ3) is 6.16. The molecule has 0 aliphatic heterocycles. The zero-order valence-electron chi connectivity index (χ0n) is 14.9. The van der Waals surface area contributed by atoms with Crippen LogP contribution >= 0.6 is 0 Å². The van der Waals surface area contributed by atoms with Crippen LogP contribution in [0.4, 0.5) is 29.9 Å². The predicted octanol–water partition coefficient (Wildman–Crippen LogP) is 1.06. The number of carboxylic acids is 1. The van der Waals surface area contributed by atoms with Gasteiger partial charge in [-0.2, -0.15) is 28.1 Å². The Bertz CT molecular complexity index is 1060. The molecule has 16 heteroatoms. The number of aromatic carboxylic acids is 1. The summed E-state index contributed by atoms with van der Waals surface area (Å²) in [6.45, 7) is -1.72. The number of amides is 2. The molecule has 0 saturated heterocycles. The molecular weight excluding hydrogens is 437 g/mol. The Morgan fingerprint density at radius 1 is 1.13 bits per heavy atom. The van der Waals surface area contributed by atoms with Gasteiger partial charge in [0.1, 0.15) is 4.90 Å². The Morgan fingerprint density at radius 3 is 2.37 bits per heavy atom. The molecule has 2 aromatic rings. The lowest BCUT2D eigenvalue weighted by atomic mass is 10.2. The van der Waals surface area contributed by atoms with Crippen molar-refractivity contribution in [2.24, 2.45) is 0 Å². The molecule has 0 unspecified atom stereocenters.